The normalized spacial score (nSPS) is 13.8. The number of hydrogen-bond donors (Lipinski definition) is 0. The van der Waals surface area contributed by atoms with Gasteiger partial charge in [0.25, 0.3) is 0 Å². The Morgan fingerprint density at radius 3 is 2.12 bits per heavy atom. The molecule has 0 saturated heterocycles. The lowest BCUT2D eigenvalue weighted by molar-refractivity contribution is 0.372. The predicted molar refractivity (Wildman–Crippen MR) is 73.1 cm³/mol. The largest absolute Gasteiger partial charge is 0.118 e. The third kappa shape index (κ3) is 4.57. The van der Waals surface area contributed by atoms with Crippen LogP contribution < -0.4 is 0 Å². The van der Waals surface area contributed by atoms with Crippen LogP contribution in [0, 0.1) is 5.41 Å². The van der Waals surface area contributed by atoms with Crippen molar-refractivity contribution < 1.29 is 0 Å². The van der Waals surface area contributed by atoms with Crippen molar-refractivity contribution in [3.8, 4) is 0 Å². The molecule has 0 saturated carbocycles. The fourth-order valence-corrected chi connectivity index (χ4v) is 2.45. The first-order valence-corrected chi connectivity index (χ1v) is 6.59. The van der Waals surface area contributed by atoms with Crippen LogP contribution in [0.3, 0.4) is 0 Å². The molecule has 0 aromatic heterocycles. The number of rotatable bonds is 4. The van der Waals surface area contributed by atoms with Crippen LogP contribution in [0.5, 0.6) is 0 Å². The highest BCUT2D eigenvalue weighted by Gasteiger charge is 2.17. The molecule has 0 fully saturated rings. The Balaban J connectivity index is 2.66. The molecule has 0 radical (unpaired) electrons. The molecule has 0 aliphatic carbocycles. The van der Waals surface area contributed by atoms with Crippen molar-refractivity contribution in [2.75, 3.05) is 0 Å². The van der Waals surface area contributed by atoms with Crippen LogP contribution in [0.2, 0.25) is 0 Å². The van der Waals surface area contributed by atoms with Gasteiger partial charge in [-0.15, -0.1) is 11.6 Å². The molecular formula is C15H23Cl. The summed E-state index contributed by atoms with van der Waals surface area (Å²) in [6, 6.07) is 8.76. The molecule has 0 amide bonds. The standard InChI is InChI=1S/C15H23Cl/c1-5-6-12-7-9-13(10-8-12)14(16)11-15(2,3)4/h7-10,14H,5-6,11H2,1-4H3. The van der Waals surface area contributed by atoms with Crippen LogP contribution in [-0.2, 0) is 6.42 Å². The van der Waals surface area contributed by atoms with Gasteiger partial charge in [-0.25, -0.2) is 0 Å². The summed E-state index contributed by atoms with van der Waals surface area (Å²) in [7, 11) is 0. The Morgan fingerprint density at radius 1 is 1.12 bits per heavy atom. The summed E-state index contributed by atoms with van der Waals surface area (Å²) >= 11 is 6.42. The predicted octanol–water partition coefficient (Wildman–Crippen LogP) is 5.36. The van der Waals surface area contributed by atoms with E-state index in [9.17, 15) is 0 Å². The van der Waals surface area contributed by atoms with Crippen LogP contribution >= 0.6 is 11.6 Å². The maximum absolute atomic E-state index is 6.42. The van der Waals surface area contributed by atoms with Gasteiger partial charge in [0.15, 0.2) is 0 Å². The summed E-state index contributed by atoms with van der Waals surface area (Å²) in [5.41, 5.74) is 2.94. The van der Waals surface area contributed by atoms with Crippen LogP contribution in [0.15, 0.2) is 24.3 Å². The lowest BCUT2D eigenvalue weighted by Crippen LogP contribution is -2.08. The molecule has 1 aromatic carbocycles. The van der Waals surface area contributed by atoms with Crippen LogP contribution in [-0.4, -0.2) is 0 Å². The number of hydrogen-bond acceptors (Lipinski definition) is 0. The molecule has 1 unspecified atom stereocenters. The minimum Gasteiger partial charge on any atom is -0.118 e. The van der Waals surface area contributed by atoms with Crippen LogP contribution in [0.4, 0.5) is 0 Å². The first kappa shape index (κ1) is 13.6. The minimum atomic E-state index is 0.135. The lowest BCUT2D eigenvalue weighted by Gasteiger charge is -2.22. The SMILES string of the molecule is CCCc1ccc(C(Cl)CC(C)(C)C)cc1. The molecule has 0 aliphatic heterocycles. The maximum Gasteiger partial charge on any atom is 0.0590 e. The summed E-state index contributed by atoms with van der Waals surface area (Å²) in [6.45, 7) is 8.90. The van der Waals surface area contributed by atoms with Crippen LogP contribution in [0.25, 0.3) is 0 Å². The second kappa shape index (κ2) is 5.72. The van der Waals surface area contributed by atoms with E-state index in [1.54, 1.807) is 0 Å². The van der Waals surface area contributed by atoms with Crippen molar-refractivity contribution in [2.45, 2.75) is 52.3 Å². The van der Waals surface area contributed by atoms with Gasteiger partial charge >= 0.3 is 0 Å². The smallest absolute Gasteiger partial charge is 0.0590 e. The van der Waals surface area contributed by atoms with E-state index in [-0.39, 0.29) is 10.8 Å². The van der Waals surface area contributed by atoms with E-state index in [4.69, 9.17) is 11.6 Å². The summed E-state index contributed by atoms with van der Waals surface area (Å²) in [5.74, 6) is 0. The maximum atomic E-state index is 6.42. The molecule has 0 heterocycles. The third-order valence-electron chi connectivity index (χ3n) is 2.67. The highest BCUT2D eigenvalue weighted by Crippen LogP contribution is 2.34. The van der Waals surface area contributed by atoms with E-state index >= 15 is 0 Å². The second-order valence-corrected chi connectivity index (χ2v) is 6.25. The van der Waals surface area contributed by atoms with Gasteiger partial charge in [0.05, 0.1) is 5.38 Å². The molecule has 1 heteroatoms. The van der Waals surface area contributed by atoms with Gasteiger partial charge in [0.2, 0.25) is 0 Å². The molecule has 16 heavy (non-hydrogen) atoms. The van der Waals surface area contributed by atoms with E-state index in [0.717, 1.165) is 12.8 Å². The number of aryl methyl sites for hydroxylation is 1. The Labute approximate surface area is 105 Å². The molecule has 0 aliphatic rings. The molecule has 1 aromatic rings. The zero-order chi connectivity index (χ0) is 12.2. The van der Waals surface area contributed by atoms with E-state index in [1.165, 1.54) is 17.5 Å². The lowest BCUT2D eigenvalue weighted by atomic mass is 9.88. The van der Waals surface area contributed by atoms with Crippen molar-refractivity contribution in [1.29, 1.82) is 0 Å². The molecular weight excluding hydrogens is 216 g/mol. The topological polar surface area (TPSA) is 0 Å². The van der Waals surface area contributed by atoms with Crippen molar-refractivity contribution >= 4 is 11.6 Å². The summed E-state index contributed by atoms with van der Waals surface area (Å²) in [4.78, 5) is 0. The third-order valence-corrected chi connectivity index (χ3v) is 3.08. The molecule has 0 nitrogen and oxygen atoms in total. The average Bonchev–Trinajstić information content (AvgIpc) is 2.16. The summed E-state index contributed by atoms with van der Waals surface area (Å²) in [5, 5.41) is 0.135. The molecule has 1 atom stereocenters. The first-order chi connectivity index (χ1) is 7.42. The monoisotopic (exact) mass is 238 g/mol. The molecule has 0 N–H and O–H groups in total. The number of alkyl halides is 1. The van der Waals surface area contributed by atoms with Crippen molar-refractivity contribution in [3.63, 3.8) is 0 Å². The zero-order valence-electron chi connectivity index (χ0n) is 10.9. The fraction of sp³-hybridized carbons (Fsp3) is 0.600. The molecule has 0 bridgehead atoms. The molecule has 1 rings (SSSR count). The summed E-state index contributed by atoms with van der Waals surface area (Å²) < 4.78 is 0. The van der Waals surface area contributed by atoms with Gasteiger partial charge in [0, 0.05) is 0 Å². The molecule has 0 spiro atoms. The van der Waals surface area contributed by atoms with E-state index in [0.29, 0.717) is 0 Å². The Morgan fingerprint density at radius 2 is 1.69 bits per heavy atom. The fourth-order valence-electron chi connectivity index (χ4n) is 1.84. The Hall–Kier alpha value is -0.490. The quantitative estimate of drug-likeness (QED) is 0.620. The highest BCUT2D eigenvalue weighted by atomic mass is 35.5. The second-order valence-electron chi connectivity index (χ2n) is 5.72. The minimum absolute atomic E-state index is 0.135. The van der Waals surface area contributed by atoms with Gasteiger partial charge in [-0.05, 0) is 29.4 Å². The first-order valence-electron chi connectivity index (χ1n) is 6.15. The zero-order valence-corrected chi connectivity index (χ0v) is 11.6. The Kier molecular flexibility index (Phi) is 4.86. The molecule has 90 valence electrons. The highest BCUT2D eigenvalue weighted by molar-refractivity contribution is 6.20. The van der Waals surface area contributed by atoms with Crippen molar-refractivity contribution in [1.82, 2.24) is 0 Å². The average molecular weight is 239 g/mol. The van der Waals surface area contributed by atoms with Gasteiger partial charge in [-0.3, -0.25) is 0 Å². The van der Waals surface area contributed by atoms with Gasteiger partial charge < -0.3 is 0 Å². The van der Waals surface area contributed by atoms with Crippen molar-refractivity contribution in [2.24, 2.45) is 5.41 Å². The van der Waals surface area contributed by atoms with E-state index in [1.807, 2.05) is 0 Å². The van der Waals surface area contributed by atoms with Crippen LogP contribution in [0.1, 0.15) is 57.0 Å². The van der Waals surface area contributed by atoms with Gasteiger partial charge in [-0.1, -0.05) is 58.4 Å². The van der Waals surface area contributed by atoms with Crippen molar-refractivity contribution in [3.05, 3.63) is 35.4 Å². The number of benzene rings is 1. The van der Waals surface area contributed by atoms with E-state index < -0.39 is 0 Å². The van der Waals surface area contributed by atoms with Gasteiger partial charge in [0.1, 0.15) is 0 Å². The van der Waals surface area contributed by atoms with E-state index in [2.05, 4.69) is 52.0 Å². The summed E-state index contributed by atoms with van der Waals surface area (Å²) in [6.07, 6.45) is 3.37. The van der Waals surface area contributed by atoms with Gasteiger partial charge in [-0.2, -0.15) is 0 Å². The number of halogens is 1. The Bertz CT molecular complexity index is 305.